The van der Waals surface area contributed by atoms with Gasteiger partial charge in [0, 0.05) is 28.9 Å². The number of nitrogens with one attached hydrogen (secondary N) is 1. The van der Waals surface area contributed by atoms with Gasteiger partial charge in [-0.2, -0.15) is 0 Å². The van der Waals surface area contributed by atoms with Gasteiger partial charge in [0.25, 0.3) is 0 Å². The fourth-order valence-electron chi connectivity index (χ4n) is 1.58. The molecule has 0 aliphatic heterocycles. The molecule has 0 heterocycles. The van der Waals surface area contributed by atoms with Crippen molar-refractivity contribution >= 4 is 17.3 Å². The Morgan fingerprint density at radius 1 is 1.29 bits per heavy atom. The van der Waals surface area contributed by atoms with Crippen molar-refractivity contribution in [3.63, 3.8) is 0 Å². The minimum atomic E-state index is -0.235. The average Bonchev–Trinajstić information content (AvgIpc) is 2.29. The third kappa shape index (κ3) is 3.03. The predicted molar refractivity (Wildman–Crippen MR) is 70.8 cm³/mol. The molecule has 0 saturated heterocycles. The minimum absolute atomic E-state index is 0.0373. The third-order valence-electron chi connectivity index (χ3n) is 3.00. The number of halogens is 2. The van der Waals surface area contributed by atoms with Crippen LogP contribution in [0.4, 0.5) is 10.1 Å². The molecule has 0 aromatic heterocycles. The van der Waals surface area contributed by atoms with Crippen molar-refractivity contribution in [1.29, 1.82) is 0 Å². The van der Waals surface area contributed by atoms with Crippen LogP contribution in [0.15, 0.2) is 6.07 Å². The molecule has 0 aliphatic rings. The van der Waals surface area contributed by atoms with E-state index in [4.69, 9.17) is 16.3 Å². The quantitative estimate of drug-likeness (QED) is 0.829. The van der Waals surface area contributed by atoms with Crippen LogP contribution in [0.5, 0.6) is 5.75 Å². The van der Waals surface area contributed by atoms with Crippen LogP contribution < -0.4 is 10.1 Å². The van der Waals surface area contributed by atoms with E-state index in [9.17, 15) is 4.39 Å². The standard InChI is InChI=1S/C13H19ClFNO/c1-7-11(16-10(4)9(3)14)6-12(17-5)8(2)13(7)15/h6,9-10,16H,1-5H3/t9-,10?/m1/s1. The van der Waals surface area contributed by atoms with Crippen LogP contribution in [0, 0.1) is 19.7 Å². The maximum Gasteiger partial charge on any atom is 0.134 e. The third-order valence-corrected chi connectivity index (χ3v) is 3.38. The van der Waals surface area contributed by atoms with E-state index in [1.165, 1.54) is 7.11 Å². The van der Waals surface area contributed by atoms with Gasteiger partial charge in [0.05, 0.1) is 12.5 Å². The number of methoxy groups -OCH3 is 1. The molecular formula is C13H19ClFNO. The molecule has 0 radical (unpaired) electrons. The van der Waals surface area contributed by atoms with Gasteiger partial charge >= 0.3 is 0 Å². The number of hydrogen-bond donors (Lipinski definition) is 1. The van der Waals surface area contributed by atoms with Crippen LogP contribution in [0.25, 0.3) is 0 Å². The molecule has 17 heavy (non-hydrogen) atoms. The first kappa shape index (κ1) is 14.1. The van der Waals surface area contributed by atoms with Crippen molar-refractivity contribution < 1.29 is 9.13 Å². The summed E-state index contributed by atoms with van der Waals surface area (Å²) in [6.07, 6.45) is 0. The van der Waals surface area contributed by atoms with Crippen molar-refractivity contribution in [2.75, 3.05) is 12.4 Å². The summed E-state index contributed by atoms with van der Waals surface area (Å²) in [7, 11) is 1.54. The first-order chi connectivity index (χ1) is 7.88. The van der Waals surface area contributed by atoms with Crippen molar-refractivity contribution in [3.05, 3.63) is 23.0 Å². The van der Waals surface area contributed by atoms with Gasteiger partial charge in [0.1, 0.15) is 11.6 Å². The lowest BCUT2D eigenvalue weighted by Crippen LogP contribution is -2.24. The average molecular weight is 260 g/mol. The fraction of sp³-hybridized carbons (Fsp3) is 0.538. The molecule has 1 aromatic carbocycles. The molecule has 0 amide bonds. The summed E-state index contributed by atoms with van der Waals surface area (Å²) in [5.74, 6) is 0.311. The number of benzene rings is 1. The van der Waals surface area contributed by atoms with Crippen LogP contribution in [-0.4, -0.2) is 18.5 Å². The van der Waals surface area contributed by atoms with Crippen LogP contribution in [0.1, 0.15) is 25.0 Å². The highest BCUT2D eigenvalue weighted by Crippen LogP contribution is 2.30. The van der Waals surface area contributed by atoms with Gasteiger partial charge in [-0.1, -0.05) is 0 Å². The Hall–Kier alpha value is -0.960. The summed E-state index contributed by atoms with van der Waals surface area (Å²) < 4.78 is 19.1. The molecule has 2 nitrogen and oxygen atoms in total. The van der Waals surface area contributed by atoms with E-state index in [2.05, 4.69) is 5.32 Å². The highest BCUT2D eigenvalue weighted by Gasteiger charge is 2.16. The topological polar surface area (TPSA) is 21.3 Å². The maximum absolute atomic E-state index is 13.9. The Morgan fingerprint density at radius 3 is 2.35 bits per heavy atom. The lowest BCUT2D eigenvalue weighted by molar-refractivity contribution is 0.407. The largest absolute Gasteiger partial charge is 0.496 e. The van der Waals surface area contributed by atoms with Gasteiger partial charge < -0.3 is 10.1 Å². The number of hydrogen-bond acceptors (Lipinski definition) is 2. The molecule has 1 unspecified atom stereocenters. The second-order valence-electron chi connectivity index (χ2n) is 4.30. The number of rotatable bonds is 4. The molecule has 1 aromatic rings. The van der Waals surface area contributed by atoms with E-state index in [0.29, 0.717) is 16.9 Å². The lowest BCUT2D eigenvalue weighted by Gasteiger charge is -2.20. The normalized spacial score (nSPS) is 14.3. The number of ether oxygens (including phenoxy) is 1. The molecule has 1 rings (SSSR count). The molecule has 0 spiro atoms. The summed E-state index contributed by atoms with van der Waals surface area (Å²) in [4.78, 5) is 0. The Labute approximate surface area is 107 Å². The summed E-state index contributed by atoms with van der Waals surface area (Å²) in [6.45, 7) is 7.31. The maximum atomic E-state index is 13.9. The van der Waals surface area contributed by atoms with Gasteiger partial charge in [-0.15, -0.1) is 11.6 Å². The zero-order chi connectivity index (χ0) is 13.2. The van der Waals surface area contributed by atoms with Crippen LogP contribution in [-0.2, 0) is 0 Å². The van der Waals surface area contributed by atoms with E-state index in [0.717, 1.165) is 5.69 Å². The Kier molecular flexibility index (Phi) is 4.63. The monoisotopic (exact) mass is 259 g/mol. The first-order valence-corrected chi connectivity index (χ1v) is 6.06. The first-order valence-electron chi connectivity index (χ1n) is 5.62. The van der Waals surface area contributed by atoms with Gasteiger partial charge in [-0.05, 0) is 27.7 Å². The van der Waals surface area contributed by atoms with Gasteiger partial charge in [0.15, 0.2) is 0 Å². The van der Waals surface area contributed by atoms with Crippen LogP contribution >= 0.6 is 11.6 Å². The SMILES string of the molecule is COc1cc(NC(C)[C@@H](C)Cl)c(C)c(F)c1C. The molecule has 0 aliphatic carbocycles. The van der Waals surface area contributed by atoms with Gasteiger partial charge in [-0.25, -0.2) is 4.39 Å². The Morgan fingerprint density at radius 2 is 1.88 bits per heavy atom. The van der Waals surface area contributed by atoms with E-state index >= 15 is 0 Å². The summed E-state index contributed by atoms with van der Waals surface area (Å²) in [5, 5.41) is 3.16. The molecule has 0 fully saturated rings. The lowest BCUT2D eigenvalue weighted by atomic mass is 10.1. The van der Waals surface area contributed by atoms with Crippen LogP contribution in [0.3, 0.4) is 0 Å². The smallest absolute Gasteiger partial charge is 0.134 e. The predicted octanol–water partition coefficient (Wildman–Crippen LogP) is 3.88. The second kappa shape index (κ2) is 5.58. The highest BCUT2D eigenvalue weighted by molar-refractivity contribution is 6.21. The van der Waals surface area contributed by atoms with E-state index in [-0.39, 0.29) is 17.2 Å². The van der Waals surface area contributed by atoms with Crippen molar-refractivity contribution in [2.45, 2.75) is 39.1 Å². The fourth-order valence-corrected chi connectivity index (χ4v) is 1.64. The van der Waals surface area contributed by atoms with Crippen molar-refractivity contribution in [2.24, 2.45) is 0 Å². The van der Waals surface area contributed by atoms with Gasteiger partial charge in [-0.3, -0.25) is 0 Å². The molecule has 1 N–H and O–H groups in total. The molecule has 0 bridgehead atoms. The van der Waals surface area contributed by atoms with E-state index in [1.807, 2.05) is 19.9 Å². The van der Waals surface area contributed by atoms with Gasteiger partial charge in [0.2, 0.25) is 0 Å². The Balaban J connectivity index is 3.12. The van der Waals surface area contributed by atoms with Crippen molar-refractivity contribution in [1.82, 2.24) is 0 Å². The molecule has 4 heteroatoms. The minimum Gasteiger partial charge on any atom is -0.496 e. The molecule has 96 valence electrons. The Bertz CT molecular complexity index is 407. The molecule has 0 saturated carbocycles. The molecular weight excluding hydrogens is 241 g/mol. The highest BCUT2D eigenvalue weighted by atomic mass is 35.5. The van der Waals surface area contributed by atoms with E-state index < -0.39 is 0 Å². The van der Waals surface area contributed by atoms with Crippen molar-refractivity contribution in [3.8, 4) is 5.75 Å². The summed E-state index contributed by atoms with van der Waals surface area (Å²) in [6, 6.07) is 1.87. The number of anilines is 1. The summed E-state index contributed by atoms with van der Waals surface area (Å²) in [5.41, 5.74) is 1.85. The zero-order valence-corrected chi connectivity index (χ0v) is 11.7. The summed E-state index contributed by atoms with van der Waals surface area (Å²) >= 11 is 5.99. The zero-order valence-electron chi connectivity index (χ0n) is 10.9. The van der Waals surface area contributed by atoms with Crippen LogP contribution in [0.2, 0.25) is 0 Å². The number of alkyl halides is 1. The molecule has 2 atom stereocenters. The second-order valence-corrected chi connectivity index (χ2v) is 4.99. The van der Waals surface area contributed by atoms with E-state index in [1.54, 1.807) is 13.8 Å².